The van der Waals surface area contributed by atoms with Gasteiger partial charge in [-0.2, -0.15) is 0 Å². The van der Waals surface area contributed by atoms with Crippen molar-refractivity contribution < 1.29 is 23.1 Å². The zero-order valence-electron chi connectivity index (χ0n) is 15.3. The van der Waals surface area contributed by atoms with E-state index in [2.05, 4.69) is 10.3 Å². The molecule has 0 spiro atoms. The molecule has 1 aliphatic heterocycles. The number of hydrogen-bond donors (Lipinski definition) is 1. The number of fused-ring (bicyclic) bond motifs is 2. The van der Waals surface area contributed by atoms with Crippen LogP contribution in [0.4, 0.5) is 5.69 Å². The molecule has 1 N–H and O–H groups in total. The van der Waals surface area contributed by atoms with Crippen molar-refractivity contribution in [2.24, 2.45) is 4.99 Å². The standard InChI is InChI=1S/C22H16N2O5/c25-21(23-12-16-5-3-9-26-16)17-10-14-4-1-2-6-18(14)29-22(17)24-15-7-8-19-20(11-15)28-13-27-19/h1-11H,12-13H2,(H,23,25). The Balaban J connectivity index is 1.57. The van der Waals surface area contributed by atoms with Gasteiger partial charge in [-0.15, -0.1) is 0 Å². The summed E-state index contributed by atoms with van der Waals surface area (Å²) >= 11 is 0. The molecule has 0 atom stereocenters. The van der Waals surface area contributed by atoms with E-state index < -0.39 is 0 Å². The van der Waals surface area contributed by atoms with Gasteiger partial charge >= 0.3 is 0 Å². The molecular weight excluding hydrogens is 372 g/mol. The molecule has 0 aliphatic carbocycles. The number of para-hydroxylation sites is 1. The van der Waals surface area contributed by atoms with E-state index in [0.29, 0.717) is 34.1 Å². The Morgan fingerprint density at radius 3 is 2.79 bits per heavy atom. The van der Waals surface area contributed by atoms with E-state index in [0.717, 1.165) is 5.39 Å². The fourth-order valence-corrected chi connectivity index (χ4v) is 3.06. The van der Waals surface area contributed by atoms with Gasteiger partial charge in [-0.3, -0.25) is 4.79 Å². The van der Waals surface area contributed by atoms with E-state index >= 15 is 0 Å². The summed E-state index contributed by atoms with van der Waals surface area (Å²) in [6.45, 7) is 0.446. The van der Waals surface area contributed by atoms with Crippen molar-refractivity contribution in [3.8, 4) is 11.5 Å². The molecule has 4 aromatic rings. The van der Waals surface area contributed by atoms with Crippen LogP contribution in [-0.4, -0.2) is 12.7 Å². The molecule has 3 heterocycles. The largest absolute Gasteiger partial charge is 0.467 e. The number of nitrogens with one attached hydrogen (secondary N) is 1. The lowest BCUT2D eigenvalue weighted by Crippen LogP contribution is -2.28. The predicted molar refractivity (Wildman–Crippen MR) is 104 cm³/mol. The van der Waals surface area contributed by atoms with Crippen LogP contribution in [0.5, 0.6) is 11.5 Å². The van der Waals surface area contributed by atoms with Crippen molar-refractivity contribution in [3.63, 3.8) is 0 Å². The van der Waals surface area contributed by atoms with Crippen molar-refractivity contribution in [1.29, 1.82) is 0 Å². The number of rotatable bonds is 4. The van der Waals surface area contributed by atoms with Crippen LogP contribution >= 0.6 is 0 Å². The van der Waals surface area contributed by atoms with Gasteiger partial charge in [-0.25, -0.2) is 4.99 Å². The molecular formula is C22H16N2O5. The fourth-order valence-electron chi connectivity index (χ4n) is 3.06. The van der Waals surface area contributed by atoms with Crippen LogP contribution in [0.15, 0.2) is 80.8 Å². The Morgan fingerprint density at radius 2 is 1.90 bits per heavy atom. The van der Waals surface area contributed by atoms with Crippen molar-refractivity contribution in [1.82, 2.24) is 5.32 Å². The van der Waals surface area contributed by atoms with Crippen molar-refractivity contribution in [2.45, 2.75) is 6.54 Å². The van der Waals surface area contributed by atoms with Crippen LogP contribution in [0, 0.1) is 0 Å². The maximum absolute atomic E-state index is 12.9. The first-order chi connectivity index (χ1) is 14.3. The van der Waals surface area contributed by atoms with Gasteiger partial charge in [0, 0.05) is 11.5 Å². The topological polar surface area (TPSA) is 86.2 Å². The fraction of sp³-hybridized carbons (Fsp3) is 0.0909. The zero-order chi connectivity index (χ0) is 19.6. The number of carbonyl (C=O) groups is 1. The van der Waals surface area contributed by atoms with Crippen LogP contribution in [0.25, 0.3) is 11.0 Å². The molecule has 29 heavy (non-hydrogen) atoms. The van der Waals surface area contributed by atoms with E-state index in [1.807, 2.05) is 24.3 Å². The number of carbonyl (C=O) groups excluding carboxylic acids is 1. The van der Waals surface area contributed by atoms with Gasteiger partial charge in [0.15, 0.2) is 11.5 Å². The van der Waals surface area contributed by atoms with Gasteiger partial charge in [-0.05, 0) is 36.4 Å². The van der Waals surface area contributed by atoms with Crippen LogP contribution in [0.2, 0.25) is 0 Å². The van der Waals surface area contributed by atoms with Crippen molar-refractivity contribution >= 4 is 22.6 Å². The number of furan rings is 1. The van der Waals surface area contributed by atoms with Crippen LogP contribution in [-0.2, 0) is 6.54 Å². The Hall–Kier alpha value is -4.00. The molecule has 0 fully saturated rings. The van der Waals surface area contributed by atoms with Gasteiger partial charge < -0.3 is 23.6 Å². The maximum Gasteiger partial charge on any atom is 0.257 e. The Kier molecular flexibility index (Phi) is 4.25. The van der Waals surface area contributed by atoms with Gasteiger partial charge in [0.1, 0.15) is 16.9 Å². The second-order valence-corrected chi connectivity index (χ2v) is 6.41. The van der Waals surface area contributed by atoms with E-state index in [1.54, 1.807) is 42.7 Å². The van der Waals surface area contributed by atoms with E-state index in [4.69, 9.17) is 18.3 Å². The molecule has 144 valence electrons. The second kappa shape index (κ2) is 7.20. The highest BCUT2D eigenvalue weighted by Gasteiger charge is 2.15. The van der Waals surface area contributed by atoms with Gasteiger partial charge in [0.25, 0.3) is 5.91 Å². The third-order valence-electron chi connectivity index (χ3n) is 4.49. The van der Waals surface area contributed by atoms with E-state index in [-0.39, 0.29) is 24.8 Å². The lowest BCUT2D eigenvalue weighted by molar-refractivity contribution is 0.0944. The van der Waals surface area contributed by atoms with Crippen LogP contribution in [0.3, 0.4) is 0 Å². The first-order valence-electron chi connectivity index (χ1n) is 9.04. The molecule has 1 aliphatic rings. The summed E-state index contributed by atoms with van der Waals surface area (Å²) < 4.78 is 22.0. The first kappa shape index (κ1) is 17.1. The number of nitrogens with zero attached hydrogens (tertiary/aromatic N) is 1. The Morgan fingerprint density at radius 1 is 1.00 bits per heavy atom. The molecule has 2 aromatic carbocycles. The van der Waals surface area contributed by atoms with Gasteiger partial charge in [0.05, 0.1) is 18.5 Å². The van der Waals surface area contributed by atoms with Gasteiger partial charge in [0.2, 0.25) is 12.3 Å². The molecule has 0 saturated carbocycles. The summed E-state index contributed by atoms with van der Waals surface area (Å²) in [5.41, 5.74) is 1.76. The number of benzene rings is 2. The molecule has 7 heteroatoms. The highest BCUT2D eigenvalue weighted by Crippen LogP contribution is 2.35. The smallest absolute Gasteiger partial charge is 0.257 e. The SMILES string of the molecule is O=C(NCc1ccco1)c1cc2ccccc2oc1=Nc1ccc2c(c1)OCO2. The maximum atomic E-state index is 12.9. The quantitative estimate of drug-likeness (QED) is 0.573. The van der Waals surface area contributed by atoms with E-state index in [9.17, 15) is 4.79 Å². The highest BCUT2D eigenvalue weighted by atomic mass is 16.7. The molecule has 5 rings (SSSR count). The summed E-state index contributed by atoms with van der Waals surface area (Å²) in [4.78, 5) is 17.4. The lowest BCUT2D eigenvalue weighted by atomic mass is 10.1. The number of hydrogen-bond acceptors (Lipinski definition) is 6. The second-order valence-electron chi connectivity index (χ2n) is 6.41. The average molecular weight is 388 g/mol. The summed E-state index contributed by atoms with van der Waals surface area (Å²) in [6, 6.07) is 18.1. The summed E-state index contributed by atoms with van der Waals surface area (Å²) in [5, 5.41) is 3.64. The molecule has 0 saturated heterocycles. The Bertz CT molecular complexity index is 1260. The summed E-state index contributed by atoms with van der Waals surface area (Å²) in [6.07, 6.45) is 1.56. The van der Waals surface area contributed by atoms with E-state index in [1.165, 1.54) is 0 Å². The monoisotopic (exact) mass is 388 g/mol. The Labute approximate surface area is 165 Å². The normalized spacial score (nSPS) is 13.0. The minimum Gasteiger partial charge on any atom is -0.467 e. The van der Waals surface area contributed by atoms with Crippen molar-refractivity contribution in [2.75, 3.05) is 6.79 Å². The summed E-state index contributed by atoms with van der Waals surface area (Å²) in [5.74, 6) is 1.62. The molecule has 2 aromatic heterocycles. The third-order valence-corrected chi connectivity index (χ3v) is 4.49. The summed E-state index contributed by atoms with van der Waals surface area (Å²) in [7, 11) is 0. The first-order valence-corrected chi connectivity index (χ1v) is 9.04. The molecule has 0 unspecified atom stereocenters. The van der Waals surface area contributed by atoms with Gasteiger partial charge in [-0.1, -0.05) is 18.2 Å². The lowest BCUT2D eigenvalue weighted by Gasteiger charge is -2.06. The molecule has 0 radical (unpaired) electrons. The van der Waals surface area contributed by atoms with Crippen molar-refractivity contribution in [3.05, 3.63) is 83.8 Å². The molecule has 1 amide bonds. The molecule has 7 nitrogen and oxygen atoms in total. The zero-order valence-corrected chi connectivity index (χ0v) is 15.3. The third kappa shape index (κ3) is 3.45. The number of amides is 1. The van der Waals surface area contributed by atoms with Crippen LogP contribution in [0.1, 0.15) is 16.1 Å². The predicted octanol–water partition coefficient (Wildman–Crippen LogP) is 3.92. The minimum absolute atomic E-state index is 0.180. The number of ether oxygens (including phenoxy) is 2. The average Bonchev–Trinajstić information content (AvgIpc) is 3.43. The minimum atomic E-state index is -0.310. The highest BCUT2D eigenvalue weighted by molar-refractivity contribution is 5.96. The van der Waals surface area contributed by atoms with Crippen LogP contribution < -0.4 is 20.3 Å². The molecule has 0 bridgehead atoms.